The molecule has 6 nitrogen and oxygen atoms in total. The lowest BCUT2D eigenvalue weighted by molar-refractivity contribution is 0.0980. The first-order chi connectivity index (χ1) is 18.5. The fraction of sp³-hybridized carbons (Fsp3) is 0. The van der Waals surface area contributed by atoms with Crippen LogP contribution in [0.1, 0.15) is 20.0 Å². The number of thiophene rings is 1. The number of hydrogen-bond donors (Lipinski definition) is 4. The molecule has 5 rings (SSSR count). The summed E-state index contributed by atoms with van der Waals surface area (Å²) in [4.78, 5) is 26.3. The van der Waals surface area contributed by atoms with E-state index in [-0.39, 0.29) is 11.0 Å². The summed E-state index contributed by atoms with van der Waals surface area (Å²) in [6.45, 7) is 0. The molecule has 0 unspecified atom stereocenters. The number of halogens is 1. The van der Waals surface area contributed by atoms with Crippen LogP contribution >= 0.6 is 35.2 Å². The highest BCUT2D eigenvalue weighted by Gasteiger charge is 2.19. The largest absolute Gasteiger partial charge is 0.356 e. The minimum atomic E-state index is -0.417. The summed E-state index contributed by atoms with van der Waals surface area (Å²) < 4.78 is 0.910. The number of anilines is 4. The molecular weight excluding hydrogens is 536 g/mol. The molecule has 9 heteroatoms. The van der Waals surface area contributed by atoms with Crippen molar-refractivity contribution >= 4 is 84.9 Å². The first-order valence-corrected chi connectivity index (χ1v) is 13.2. The quantitative estimate of drug-likeness (QED) is 0.161. The summed E-state index contributed by atoms with van der Waals surface area (Å²) in [6, 6.07) is 31.7. The second-order valence-electron chi connectivity index (χ2n) is 8.22. The Kier molecular flexibility index (Phi) is 7.65. The molecule has 0 spiro atoms. The number of amides is 2. The van der Waals surface area contributed by atoms with Gasteiger partial charge in [-0.15, -0.1) is 11.3 Å². The van der Waals surface area contributed by atoms with Crippen molar-refractivity contribution in [3.8, 4) is 0 Å². The minimum absolute atomic E-state index is 0.0557. The van der Waals surface area contributed by atoms with Gasteiger partial charge >= 0.3 is 0 Å². The van der Waals surface area contributed by atoms with E-state index in [2.05, 4.69) is 21.3 Å². The summed E-state index contributed by atoms with van der Waals surface area (Å²) in [5, 5.41) is 13.1. The lowest BCUT2D eigenvalue weighted by atomic mass is 10.1. The third kappa shape index (κ3) is 5.84. The number of hydrogen-bond acceptors (Lipinski definition) is 5. The second-order valence-corrected chi connectivity index (χ2v) is 10.1. The molecule has 0 aliphatic rings. The fourth-order valence-electron chi connectivity index (χ4n) is 3.79. The van der Waals surface area contributed by atoms with Gasteiger partial charge in [-0.3, -0.25) is 14.9 Å². The zero-order chi connectivity index (χ0) is 26.5. The summed E-state index contributed by atoms with van der Waals surface area (Å²) in [6.07, 6.45) is 0. The monoisotopic (exact) mass is 556 g/mol. The summed E-state index contributed by atoms with van der Waals surface area (Å²) in [5.41, 5.74) is 3.34. The molecule has 0 saturated heterocycles. The van der Waals surface area contributed by atoms with E-state index in [0.717, 1.165) is 21.5 Å². The van der Waals surface area contributed by atoms with Crippen molar-refractivity contribution in [1.82, 2.24) is 5.32 Å². The molecule has 2 amide bonds. The van der Waals surface area contributed by atoms with Crippen molar-refractivity contribution in [2.24, 2.45) is 0 Å². The van der Waals surface area contributed by atoms with Crippen LogP contribution in [0.15, 0.2) is 103 Å². The maximum absolute atomic E-state index is 13.1. The lowest BCUT2D eigenvalue weighted by Crippen LogP contribution is -2.34. The predicted octanol–water partition coefficient (Wildman–Crippen LogP) is 7.68. The van der Waals surface area contributed by atoms with Gasteiger partial charge in [0.25, 0.3) is 11.8 Å². The smallest absolute Gasteiger partial charge is 0.269 e. The fourth-order valence-corrected chi connectivity index (χ4v) is 5.40. The summed E-state index contributed by atoms with van der Waals surface area (Å²) >= 11 is 13.1. The van der Waals surface area contributed by atoms with E-state index in [0.29, 0.717) is 26.8 Å². The van der Waals surface area contributed by atoms with Gasteiger partial charge in [-0.05, 0) is 66.8 Å². The van der Waals surface area contributed by atoms with Crippen LogP contribution in [0.25, 0.3) is 10.1 Å². The van der Waals surface area contributed by atoms with Crippen molar-refractivity contribution in [3.63, 3.8) is 0 Å². The number of para-hydroxylation sites is 2. The zero-order valence-electron chi connectivity index (χ0n) is 19.8. The Morgan fingerprint density at radius 1 is 0.684 bits per heavy atom. The summed E-state index contributed by atoms with van der Waals surface area (Å²) in [5.74, 6) is -0.738. The van der Waals surface area contributed by atoms with Crippen LogP contribution in [0.5, 0.6) is 0 Å². The topological polar surface area (TPSA) is 82.3 Å². The van der Waals surface area contributed by atoms with Crippen LogP contribution < -0.4 is 21.3 Å². The van der Waals surface area contributed by atoms with Gasteiger partial charge in [0, 0.05) is 27.1 Å². The molecule has 0 aliphatic carbocycles. The highest BCUT2D eigenvalue weighted by atomic mass is 35.5. The molecule has 38 heavy (non-hydrogen) atoms. The van der Waals surface area contributed by atoms with E-state index >= 15 is 0 Å². The molecule has 4 N–H and O–H groups in total. The molecule has 1 heterocycles. The number of carbonyl (C=O) groups is 2. The van der Waals surface area contributed by atoms with Gasteiger partial charge in [-0.2, -0.15) is 0 Å². The Morgan fingerprint density at radius 3 is 2.08 bits per heavy atom. The van der Waals surface area contributed by atoms with Gasteiger partial charge in [0.15, 0.2) is 5.11 Å². The van der Waals surface area contributed by atoms with E-state index in [1.807, 2.05) is 78.9 Å². The molecule has 4 aromatic carbocycles. The molecule has 5 aromatic rings. The molecule has 0 aliphatic heterocycles. The molecule has 0 fully saturated rings. The van der Waals surface area contributed by atoms with Gasteiger partial charge < -0.3 is 16.0 Å². The number of rotatable bonds is 6. The van der Waals surface area contributed by atoms with Gasteiger partial charge in [0.1, 0.15) is 4.88 Å². The molecule has 1 aromatic heterocycles. The molecule has 0 bridgehead atoms. The van der Waals surface area contributed by atoms with E-state index in [4.69, 9.17) is 23.8 Å². The van der Waals surface area contributed by atoms with E-state index in [1.54, 1.807) is 24.3 Å². The number of nitrogens with one attached hydrogen (secondary N) is 4. The van der Waals surface area contributed by atoms with Crippen LogP contribution in [-0.4, -0.2) is 16.9 Å². The second kappa shape index (κ2) is 11.4. The average Bonchev–Trinajstić information content (AvgIpc) is 3.27. The minimum Gasteiger partial charge on any atom is -0.356 e. The number of carbonyl (C=O) groups excluding carboxylic acids is 2. The van der Waals surface area contributed by atoms with Gasteiger partial charge in [0.2, 0.25) is 0 Å². The number of benzene rings is 4. The third-order valence-corrected chi connectivity index (χ3v) is 7.47. The van der Waals surface area contributed by atoms with Crippen LogP contribution in [0.2, 0.25) is 5.02 Å². The van der Waals surface area contributed by atoms with Crippen molar-refractivity contribution in [3.05, 3.63) is 119 Å². The Bertz CT molecular complexity index is 1640. The Morgan fingerprint density at radius 2 is 1.32 bits per heavy atom. The van der Waals surface area contributed by atoms with E-state index in [9.17, 15) is 9.59 Å². The molecule has 0 atom stereocenters. The third-order valence-electron chi connectivity index (χ3n) is 5.59. The van der Waals surface area contributed by atoms with Gasteiger partial charge in [-0.1, -0.05) is 60.1 Å². The molecule has 188 valence electrons. The van der Waals surface area contributed by atoms with E-state index in [1.165, 1.54) is 11.3 Å². The van der Waals surface area contributed by atoms with Crippen molar-refractivity contribution < 1.29 is 9.59 Å². The molecule has 0 saturated carbocycles. The molecular formula is C29H21ClN4O2S2. The van der Waals surface area contributed by atoms with Crippen molar-refractivity contribution in [2.75, 3.05) is 16.0 Å². The van der Waals surface area contributed by atoms with Crippen LogP contribution in [0, 0.1) is 0 Å². The first-order valence-electron chi connectivity index (χ1n) is 11.6. The summed E-state index contributed by atoms with van der Waals surface area (Å²) in [7, 11) is 0. The lowest BCUT2D eigenvalue weighted by Gasteiger charge is -2.14. The number of fused-ring (bicyclic) bond motifs is 1. The Hall–Kier alpha value is -4.24. The van der Waals surface area contributed by atoms with Crippen LogP contribution in [-0.2, 0) is 0 Å². The van der Waals surface area contributed by atoms with E-state index < -0.39 is 5.91 Å². The zero-order valence-corrected chi connectivity index (χ0v) is 22.2. The van der Waals surface area contributed by atoms with Gasteiger partial charge in [-0.25, -0.2) is 0 Å². The number of thiocarbonyl (C=S) groups is 1. The van der Waals surface area contributed by atoms with Crippen LogP contribution in [0.4, 0.5) is 22.7 Å². The van der Waals surface area contributed by atoms with Crippen LogP contribution in [0.3, 0.4) is 0 Å². The maximum atomic E-state index is 13.1. The standard InChI is InChI=1S/C29H21ClN4O2S2/c30-25-22-11-5-7-13-24(22)38-26(25)28(36)34-29(37)33-23-12-6-4-10-21(23)27(35)32-20-16-14-19(15-17-20)31-18-8-2-1-3-9-18/h1-17,31H,(H,32,35)(H2,33,34,36,37). The highest BCUT2D eigenvalue weighted by molar-refractivity contribution is 7.80. The Labute approximate surface area is 233 Å². The normalized spacial score (nSPS) is 10.6. The average molecular weight is 557 g/mol. The predicted molar refractivity (Wildman–Crippen MR) is 161 cm³/mol. The van der Waals surface area contributed by atoms with Crippen molar-refractivity contribution in [1.29, 1.82) is 0 Å². The molecule has 0 radical (unpaired) electrons. The van der Waals surface area contributed by atoms with Crippen molar-refractivity contribution in [2.45, 2.75) is 0 Å². The SMILES string of the molecule is O=C(Nc1ccc(Nc2ccccc2)cc1)c1ccccc1NC(=S)NC(=O)c1sc2ccccc2c1Cl. The maximum Gasteiger partial charge on any atom is 0.269 e. The Balaban J connectivity index is 1.24. The first kappa shape index (κ1) is 25.4. The highest BCUT2D eigenvalue weighted by Crippen LogP contribution is 2.35. The van der Waals surface area contributed by atoms with Gasteiger partial charge in [0.05, 0.1) is 16.3 Å².